The number of benzene rings is 2. The van der Waals surface area contributed by atoms with Crippen molar-refractivity contribution in [1.29, 1.82) is 0 Å². The van der Waals surface area contributed by atoms with E-state index >= 15 is 0 Å². The lowest BCUT2D eigenvalue weighted by atomic mass is 10.1. The van der Waals surface area contributed by atoms with Gasteiger partial charge in [-0.3, -0.25) is 4.79 Å². The molecule has 1 aromatic heterocycles. The maximum absolute atomic E-state index is 12.3. The minimum Gasteiger partial charge on any atom is -0.349 e. The molecule has 0 saturated carbocycles. The van der Waals surface area contributed by atoms with E-state index in [1.807, 2.05) is 12.1 Å². The molecule has 1 amide bonds. The summed E-state index contributed by atoms with van der Waals surface area (Å²) >= 11 is 0. The number of rotatable bonds is 2. The minimum absolute atomic E-state index is 0.0855. The number of carbonyl (C=O) groups is 1. The second kappa shape index (κ2) is 4.70. The number of nitrogens with zero attached hydrogens (tertiary/aromatic N) is 2. The second-order valence-corrected chi connectivity index (χ2v) is 5.32. The number of hydrogen-bond acceptors (Lipinski definition) is 4. The Morgan fingerprint density at radius 1 is 1.05 bits per heavy atom. The largest absolute Gasteiger partial charge is 0.349 e. The summed E-state index contributed by atoms with van der Waals surface area (Å²) in [6, 6.07) is 13.6. The van der Waals surface area contributed by atoms with Crippen molar-refractivity contribution in [3.05, 3.63) is 59.2 Å². The van der Waals surface area contributed by atoms with Crippen molar-refractivity contribution in [1.82, 2.24) is 15.6 Å². The molecule has 0 spiro atoms. The van der Waals surface area contributed by atoms with E-state index in [9.17, 15) is 4.79 Å². The molecule has 0 fully saturated rings. The van der Waals surface area contributed by atoms with Gasteiger partial charge in [0.1, 0.15) is 11.0 Å². The van der Waals surface area contributed by atoms with E-state index < -0.39 is 0 Å². The van der Waals surface area contributed by atoms with Crippen molar-refractivity contribution in [3.63, 3.8) is 0 Å². The molecule has 5 heteroatoms. The van der Waals surface area contributed by atoms with E-state index in [4.69, 9.17) is 0 Å². The zero-order chi connectivity index (χ0) is 14.2. The van der Waals surface area contributed by atoms with Crippen LogP contribution in [0.2, 0.25) is 0 Å². The predicted octanol–water partition coefficient (Wildman–Crippen LogP) is 2.12. The Hall–Kier alpha value is -2.69. The third-order valence-electron chi connectivity index (χ3n) is 3.90. The normalized spacial score (nSPS) is 14.3. The lowest BCUT2D eigenvalue weighted by molar-refractivity contribution is 0.0938. The van der Waals surface area contributed by atoms with Crippen molar-refractivity contribution < 1.29 is 9.42 Å². The maximum Gasteiger partial charge on any atom is 0.251 e. The SMILES string of the molecule is O=C(NC1Cc2ccccc2C1)c1ccc2nonc2c1. The van der Waals surface area contributed by atoms with E-state index in [-0.39, 0.29) is 11.9 Å². The average molecular weight is 279 g/mol. The Balaban J connectivity index is 1.51. The number of carbonyl (C=O) groups excluding carboxylic acids is 1. The van der Waals surface area contributed by atoms with Gasteiger partial charge in [0.25, 0.3) is 5.91 Å². The number of nitrogens with one attached hydrogen (secondary N) is 1. The fourth-order valence-electron chi connectivity index (χ4n) is 2.85. The molecule has 0 atom stereocenters. The summed E-state index contributed by atoms with van der Waals surface area (Å²) in [7, 11) is 0. The molecule has 1 aliphatic carbocycles. The fraction of sp³-hybridized carbons (Fsp3) is 0.188. The first kappa shape index (κ1) is 12.1. The summed E-state index contributed by atoms with van der Waals surface area (Å²) < 4.78 is 4.64. The van der Waals surface area contributed by atoms with E-state index in [1.165, 1.54) is 11.1 Å². The van der Waals surface area contributed by atoms with Gasteiger partial charge in [0, 0.05) is 11.6 Å². The molecule has 1 N–H and O–H groups in total. The first-order chi connectivity index (χ1) is 10.3. The molecule has 1 aliphatic rings. The standard InChI is InChI=1S/C16H13N3O2/c20-16(12-5-6-14-15(9-12)19-21-18-14)17-13-7-10-3-1-2-4-11(10)8-13/h1-6,9,13H,7-8H2,(H,17,20). The van der Waals surface area contributed by atoms with Gasteiger partial charge < -0.3 is 5.32 Å². The molecule has 1 heterocycles. The van der Waals surface area contributed by atoms with Crippen molar-refractivity contribution in [3.8, 4) is 0 Å². The number of amides is 1. The monoisotopic (exact) mass is 279 g/mol. The third kappa shape index (κ3) is 2.16. The third-order valence-corrected chi connectivity index (χ3v) is 3.90. The molecule has 0 radical (unpaired) electrons. The van der Waals surface area contributed by atoms with Gasteiger partial charge >= 0.3 is 0 Å². The molecule has 0 aliphatic heterocycles. The topological polar surface area (TPSA) is 68.0 Å². The first-order valence-electron chi connectivity index (χ1n) is 6.89. The molecule has 104 valence electrons. The Morgan fingerprint density at radius 2 is 1.76 bits per heavy atom. The molecule has 0 bridgehead atoms. The molecular formula is C16H13N3O2. The molecule has 5 nitrogen and oxygen atoms in total. The highest BCUT2D eigenvalue weighted by Crippen LogP contribution is 2.22. The molecule has 0 saturated heterocycles. The Kier molecular flexibility index (Phi) is 2.70. The molecule has 0 unspecified atom stereocenters. The van der Waals surface area contributed by atoms with Crippen LogP contribution in [0, 0.1) is 0 Å². The van der Waals surface area contributed by atoms with Crippen LogP contribution in [0.3, 0.4) is 0 Å². The highest BCUT2D eigenvalue weighted by Gasteiger charge is 2.23. The predicted molar refractivity (Wildman–Crippen MR) is 76.9 cm³/mol. The van der Waals surface area contributed by atoms with Gasteiger partial charge in [0.15, 0.2) is 0 Å². The van der Waals surface area contributed by atoms with Crippen LogP contribution >= 0.6 is 0 Å². The van der Waals surface area contributed by atoms with Crippen molar-refractivity contribution in [2.24, 2.45) is 0 Å². The van der Waals surface area contributed by atoms with Gasteiger partial charge in [0.05, 0.1) is 0 Å². The van der Waals surface area contributed by atoms with Crippen LogP contribution in [0.5, 0.6) is 0 Å². The lowest BCUT2D eigenvalue weighted by Gasteiger charge is -2.11. The Labute approximate surface area is 120 Å². The highest BCUT2D eigenvalue weighted by atomic mass is 16.6. The molecule has 2 aromatic carbocycles. The lowest BCUT2D eigenvalue weighted by Crippen LogP contribution is -2.35. The number of hydrogen-bond donors (Lipinski definition) is 1. The quantitative estimate of drug-likeness (QED) is 0.780. The van der Waals surface area contributed by atoms with Crippen molar-refractivity contribution in [2.75, 3.05) is 0 Å². The summed E-state index contributed by atoms with van der Waals surface area (Å²) in [5.74, 6) is -0.0855. The van der Waals surface area contributed by atoms with E-state index in [2.05, 4.69) is 32.4 Å². The number of aromatic nitrogens is 2. The van der Waals surface area contributed by atoms with Gasteiger partial charge in [-0.05, 0) is 52.5 Å². The Morgan fingerprint density at radius 3 is 2.52 bits per heavy atom. The van der Waals surface area contributed by atoms with Crippen molar-refractivity contribution >= 4 is 16.9 Å². The van der Waals surface area contributed by atoms with E-state index in [0.29, 0.717) is 16.6 Å². The smallest absolute Gasteiger partial charge is 0.251 e. The first-order valence-corrected chi connectivity index (χ1v) is 6.89. The van der Waals surface area contributed by atoms with Crippen LogP contribution < -0.4 is 5.32 Å². The van der Waals surface area contributed by atoms with Gasteiger partial charge in [-0.15, -0.1) is 0 Å². The van der Waals surface area contributed by atoms with Gasteiger partial charge in [0.2, 0.25) is 0 Å². The Bertz CT molecular complexity index is 800. The zero-order valence-electron chi connectivity index (χ0n) is 11.2. The molecule has 3 aromatic rings. The average Bonchev–Trinajstić information content (AvgIpc) is 3.11. The summed E-state index contributed by atoms with van der Waals surface area (Å²) in [4.78, 5) is 12.3. The maximum atomic E-state index is 12.3. The van der Waals surface area contributed by atoms with E-state index in [1.54, 1.807) is 18.2 Å². The van der Waals surface area contributed by atoms with Gasteiger partial charge in [-0.25, -0.2) is 4.63 Å². The van der Waals surface area contributed by atoms with Crippen LogP contribution in [0.1, 0.15) is 21.5 Å². The van der Waals surface area contributed by atoms with Crippen LogP contribution in [0.25, 0.3) is 11.0 Å². The summed E-state index contributed by atoms with van der Waals surface area (Å²) in [6.45, 7) is 0. The van der Waals surface area contributed by atoms with Crippen LogP contribution in [0.15, 0.2) is 47.1 Å². The number of fused-ring (bicyclic) bond motifs is 2. The van der Waals surface area contributed by atoms with Crippen molar-refractivity contribution in [2.45, 2.75) is 18.9 Å². The fourth-order valence-corrected chi connectivity index (χ4v) is 2.85. The molecule has 21 heavy (non-hydrogen) atoms. The highest BCUT2D eigenvalue weighted by molar-refractivity contribution is 5.97. The van der Waals surface area contributed by atoms with E-state index in [0.717, 1.165) is 12.8 Å². The van der Waals surface area contributed by atoms with Crippen LogP contribution in [0.4, 0.5) is 0 Å². The van der Waals surface area contributed by atoms with Gasteiger partial charge in [-0.1, -0.05) is 24.3 Å². The summed E-state index contributed by atoms with van der Waals surface area (Å²) in [5.41, 5.74) is 4.46. The molecular weight excluding hydrogens is 266 g/mol. The van der Waals surface area contributed by atoms with Gasteiger partial charge in [-0.2, -0.15) is 0 Å². The molecule has 4 rings (SSSR count). The second-order valence-electron chi connectivity index (χ2n) is 5.32. The summed E-state index contributed by atoms with van der Waals surface area (Å²) in [6.07, 6.45) is 1.77. The zero-order valence-corrected chi connectivity index (χ0v) is 11.2. The van der Waals surface area contributed by atoms with Crippen LogP contribution in [-0.2, 0) is 12.8 Å². The minimum atomic E-state index is -0.0855. The summed E-state index contributed by atoms with van der Waals surface area (Å²) in [5, 5.41) is 10.6. The van der Waals surface area contributed by atoms with Crippen LogP contribution in [-0.4, -0.2) is 22.3 Å².